The summed E-state index contributed by atoms with van der Waals surface area (Å²) >= 11 is 0. The minimum Gasteiger partial charge on any atom is -0.462 e. The van der Waals surface area contributed by atoms with Crippen LogP contribution < -0.4 is 10.1 Å². The molecule has 1 N–H and O–H groups in total. The van der Waals surface area contributed by atoms with Crippen molar-refractivity contribution in [1.82, 2.24) is 5.32 Å². The number of hydrogen-bond donors (Lipinski definition) is 1. The summed E-state index contributed by atoms with van der Waals surface area (Å²) in [6.07, 6.45) is 1.63. The molecule has 6 heteroatoms. The maximum Gasteiger partial charge on any atom is 0.336 e. The van der Waals surface area contributed by atoms with Crippen LogP contribution in [0.3, 0.4) is 0 Å². The van der Waals surface area contributed by atoms with Gasteiger partial charge in [-0.2, -0.15) is 0 Å². The largest absolute Gasteiger partial charge is 0.462 e. The van der Waals surface area contributed by atoms with Crippen LogP contribution in [-0.2, 0) is 25.5 Å². The summed E-state index contributed by atoms with van der Waals surface area (Å²) in [6.45, 7) is 3.43. The maximum absolute atomic E-state index is 13.7. The van der Waals surface area contributed by atoms with Gasteiger partial charge in [-0.05, 0) is 48.1 Å². The summed E-state index contributed by atoms with van der Waals surface area (Å²) in [4.78, 5) is 38.7. The van der Waals surface area contributed by atoms with E-state index in [0.29, 0.717) is 41.9 Å². The Kier molecular flexibility index (Phi) is 7.73. The lowest BCUT2D eigenvalue weighted by Gasteiger charge is -2.36. The van der Waals surface area contributed by atoms with Crippen molar-refractivity contribution in [2.75, 3.05) is 6.61 Å². The number of benzene rings is 3. The quantitative estimate of drug-likeness (QED) is 0.315. The van der Waals surface area contributed by atoms with Gasteiger partial charge in [0.1, 0.15) is 5.75 Å². The molecule has 3 aromatic rings. The van der Waals surface area contributed by atoms with E-state index in [2.05, 4.69) is 17.4 Å². The molecule has 2 atom stereocenters. The van der Waals surface area contributed by atoms with Gasteiger partial charge in [-0.3, -0.25) is 9.59 Å². The van der Waals surface area contributed by atoms with Crippen LogP contribution in [0.5, 0.6) is 5.75 Å². The summed E-state index contributed by atoms with van der Waals surface area (Å²) in [7, 11) is 0. The smallest absolute Gasteiger partial charge is 0.336 e. The molecule has 0 radical (unpaired) electrons. The highest BCUT2D eigenvalue weighted by Crippen LogP contribution is 2.45. The lowest BCUT2D eigenvalue weighted by atomic mass is 9.72. The van der Waals surface area contributed by atoms with E-state index >= 15 is 0 Å². The van der Waals surface area contributed by atoms with Crippen LogP contribution in [0.2, 0.25) is 0 Å². The number of esters is 2. The van der Waals surface area contributed by atoms with Crippen LogP contribution >= 0.6 is 0 Å². The molecule has 1 heterocycles. The van der Waals surface area contributed by atoms with Crippen LogP contribution in [0.4, 0.5) is 0 Å². The highest BCUT2D eigenvalue weighted by atomic mass is 16.5. The summed E-state index contributed by atoms with van der Waals surface area (Å²) in [5.74, 6) is -0.975. The Labute approximate surface area is 228 Å². The average molecular weight is 522 g/mol. The second-order valence-corrected chi connectivity index (χ2v) is 9.96. The molecule has 198 valence electrons. The molecule has 5 rings (SSSR count). The SMILES string of the molecule is CC(=O)Oc1ccc([C@H]2C(C(=O)OCCc3ccccc3)=C(C)NC3=C2C(=O)C[C@H](c2ccccc2)C3)cc1. The minimum absolute atomic E-state index is 0.00810. The number of ether oxygens (including phenoxy) is 2. The van der Waals surface area contributed by atoms with Crippen molar-refractivity contribution in [2.45, 2.75) is 44.9 Å². The summed E-state index contributed by atoms with van der Waals surface area (Å²) in [5.41, 5.74) is 5.50. The number of carbonyl (C=O) groups excluding carboxylic acids is 3. The minimum atomic E-state index is -0.582. The first-order valence-electron chi connectivity index (χ1n) is 13.2. The van der Waals surface area contributed by atoms with Crippen LogP contribution in [0, 0.1) is 0 Å². The summed E-state index contributed by atoms with van der Waals surface area (Å²) in [5, 5.41) is 3.39. The lowest BCUT2D eigenvalue weighted by Crippen LogP contribution is -2.36. The van der Waals surface area contributed by atoms with Gasteiger partial charge in [0.05, 0.1) is 12.2 Å². The highest BCUT2D eigenvalue weighted by Gasteiger charge is 2.41. The molecule has 39 heavy (non-hydrogen) atoms. The molecule has 0 saturated carbocycles. The van der Waals surface area contributed by atoms with Gasteiger partial charge >= 0.3 is 11.9 Å². The number of nitrogens with one attached hydrogen (secondary N) is 1. The molecule has 0 amide bonds. The predicted molar refractivity (Wildman–Crippen MR) is 148 cm³/mol. The van der Waals surface area contributed by atoms with E-state index in [1.165, 1.54) is 6.92 Å². The third kappa shape index (κ3) is 5.85. The fourth-order valence-electron chi connectivity index (χ4n) is 5.48. The molecule has 0 bridgehead atoms. The number of hydrogen-bond acceptors (Lipinski definition) is 6. The molecule has 0 unspecified atom stereocenters. The number of Topliss-reactive ketones (excluding diaryl/α,β-unsaturated/α-hetero) is 1. The third-order valence-electron chi connectivity index (χ3n) is 7.26. The molecule has 1 aliphatic carbocycles. The standard InChI is InChI=1S/C33H31NO5/c1-21-30(33(37)38-18-17-23-9-5-3-6-10-23)31(25-13-15-27(16-14-25)39-22(2)35)32-28(34-21)19-26(20-29(32)36)24-11-7-4-8-12-24/h3-16,26,31,34H,17-20H2,1-2H3/t26-,31+/m1/s1. The van der Waals surface area contributed by atoms with Gasteiger partial charge in [-0.25, -0.2) is 4.79 Å². The lowest BCUT2D eigenvalue weighted by molar-refractivity contribution is -0.139. The van der Waals surface area contributed by atoms with Crippen LogP contribution in [0.25, 0.3) is 0 Å². The van der Waals surface area contributed by atoms with Gasteiger partial charge in [0, 0.05) is 42.7 Å². The first-order valence-corrected chi connectivity index (χ1v) is 13.2. The molecule has 3 aromatic carbocycles. The second kappa shape index (κ2) is 11.5. The number of dihydropyridines is 1. The number of rotatable bonds is 7. The zero-order chi connectivity index (χ0) is 27.4. The fraction of sp³-hybridized carbons (Fsp3) is 0.242. The van der Waals surface area contributed by atoms with E-state index in [1.807, 2.05) is 55.5 Å². The number of allylic oxidation sites excluding steroid dienone is 3. The van der Waals surface area contributed by atoms with E-state index < -0.39 is 17.9 Å². The normalized spacial score (nSPS) is 18.8. The molecular formula is C33H31NO5. The van der Waals surface area contributed by atoms with E-state index in [0.717, 1.165) is 22.4 Å². The van der Waals surface area contributed by atoms with Gasteiger partial charge in [0.25, 0.3) is 0 Å². The summed E-state index contributed by atoms with van der Waals surface area (Å²) in [6, 6.07) is 26.9. The third-order valence-corrected chi connectivity index (χ3v) is 7.26. The Morgan fingerprint density at radius 3 is 2.21 bits per heavy atom. The van der Waals surface area contributed by atoms with Crippen LogP contribution in [0.15, 0.2) is 107 Å². The van der Waals surface area contributed by atoms with Crippen LogP contribution in [0.1, 0.15) is 55.2 Å². The fourth-order valence-corrected chi connectivity index (χ4v) is 5.48. The average Bonchev–Trinajstić information content (AvgIpc) is 2.93. The molecule has 0 fully saturated rings. The zero-order valence-electron chi connectivity index (χ0n) is 22.1. The van der Waals surface area contributed by atoms with Gasteiger partial charge in [-0.15, -0.1) is 0 Å². The topological polar surface area (TPSA) is 81.7 Å². The van der Waals surface area contributed by atoms with Crippen molar-refractivity contribution in [2.24, 2.45) is 0 Å². The van der Waals surface area contributed by atoms with E-state index in [4.69, 9.17) is 9.47 Å². The molecule has 0 saturated heterocycles. The maximum atomic E-state index is 13.7. The van der Waals surface area contributed by atoms with Gasteiger partial charge < -0.3 is 14.8 Å². The molecule has 0 aromatic heterocycles. The van der Waals surface area contributed by atoms with Gasteiger partial charge in [0.15, 0.2) is 5.78 Å². The molecular weight excluding hydrogens is 490 g/mol. The number of carbonyl (C=O) groups is 3. The van der Waals surface area contributed by atoms with E-state index in [1.54, 1.807) is 24.3 Å². The summed E-state index contributed by atoms with van der Waals surface area (Å²) < 4.78 is 11.0. The van der Waals surface area contributed by atoms with Crippen molar-refractivity contribution < 1.29 is 23.9 Å². The van der Waals surface area contributed by atoms with Gasteiger partial charge in [-0.1, -0.05) is 72.8 Å². The predicted octanol–water partition coefficient (Wildman–Crippen LogP) is 5.76. The van der Waals surface area contributed by atoms with Crippen molar-refractivity contribution in [3.8, 4) is 5.75 Å². The van der Waals surface area contributed by atoms with Crippen molar-refractivity contribution in [1.29, 1.82) is 0 Å². The first-order chi connectivity index (χ1) is 18.9. The molecule has 2 aliphatic rings. The van der Waals surface area contributed by atoms with E-state index in [-0.39, 0.29) is 18.3 Å². The van der Waals surface area contributed by atoms with Crippen molar-refractivity contribution in [3.63, 3.8) is 0 Å². The van der Waals surface area contributed by atoms with E-state index in [9.17, 15) is 14.4 Å². The second-order valence-electron chi connectivity index (χ2n) is 9.96. The zero-order valence-corrected chi connectivity index (χ0v) is 22.1. The Balaban J connectivity index is 1.47. The Bertz CT molecular complexity index is 1440. The molecule has 1 aliphatic heterocycles. The van der Waals surface area contributed by atoms with Crippen molar-refractivity contribution in [3.05, 3.63) is 124 Å². The van der Waals surface area contributed by atoms with Crippen LogP contribution in [-0.4, -0.2) is 24.3 Å². The monoisotopic (exact) mass is 521 g/mol. The van der Waals surface area contributed by atoms with Gasteiger partial charge in [0.2, 0.25) is 0 Å². The Morgan fingerprint density at radius 1 is 0.872 bits per heavy atom. The number of ketones is 1. The van der Waals surface area contributed by atoms with Crippen molar-refractivity contribution >= 4 is 17.7 Å². The first kappa shape index (κ1) is 26.2. The Morgan fingerprint density at radius 2 is 1.54 bits per heavy atom. The molecule has 0 spiro atoms. The highest BCUT2D eigenvalue weighted by molar-refractivity contribution is 6.04. The molecule has 6 nitrogen and oxygen atoms in total. The Hall–Kier alpha value is -4.45.